The highest BCUT2D eigenvalue weighted by Crippen LogP contribution is 2.22. The maximum Gasteiger partial charge on any atom is 0.305 e. The summed E-state index contributed by atoms with van der Waals surface area (Å²) in [5.74, 6) is 3.50. The van der Waals surface area contributed by atoms with Crippen molar-refractivity contribution in [3.05, 3.63) is 0 Å². The summed E-state index contributed by atoms with van der Waals surface area (Å²) in [7, 11) is 0. The second kappa shape index (κ2) is 9.77. The summed E-state index contributed by atoms with van der Waals surface area (Å²) in [6.45, 7) is 4.61. The number of rotatable bonds is 9. The quantitative estimate of drug-likeness (QED) is 0.510. The topological polar surface area (TPSA) is 38.3 Å². The van der Waals surface area contributed by atoms with Crippen LogP contribution in [-0.4, -0.2) is 37.2 Å². The molecule has 0 bridgehead atoms. The van der Waals surface area contributed by atoms with Gasteiger partial charge in [0.05, 0.1) is 6.61 Å². The standard InChI is InChI=1S/C13H25NO2S/c1-2-16-13(15)6-4-3-5-8-14-10-12-7-9-17-11-12/h12,14H,2-11H2,1H3. The number of unbranched alkanes of at least 4 members (excludes halogenated alkanes) is 2. The van der Waals surface area contributed by atoms with Gasteiger partial charge in [-0.25, -0.2) is 0 Å². The third-order valence-corrected chi connectivity index (χ3v) is 4.23. The van der Waals surface area contributed by atoms with Crippen LogP contribution >= 0.6 is 11.8 Å². The number of carbonyl (C=O) groups is 1. The molecule has 17 heavy (non-hydrogen) atoms. The van der Waals surface area contributed by atoms with Gasteiger partial charge in [0, 0.05) is 6.42 Å². The van der Waals surface area contributed by atoms with E-state index in [0.29, 0.717) is 13.0 Å². The summed E-state index contributed by atoms with van der Waals surface area (Å²) in [4.78, 5) is 11.1. The fourth-order valence-electron chi connectivity index (χ4n) is 1.98. The average Bonchev–Trinajstić information content (AvgIpc) is 2.81. The zero-order valence-electron chi connectivity index (χ0n) is 10.9. The van der Waals surface area contributed by atoms with Crippen LogP contribution in [0.3, 0.4) is 0 Å². The van der Waals surface area contributed by atoms with Crippen molar-refractivity contribution in [1.29, 1.82) is 0 Å². The summed E-state index contributed by atoms with van der Waals surface area (Å²) < 4.78 is 4.88. The molecule has 0 saturated carbocycles. The molecule has 100 valence electrons. The van der Waals surface area contributed by atoms with Gasteiger partial charge >= 0.3 is 5.97 Å². The predicted molar refractivity (Wildman–Crippen MR) is 73.4 cm³/mol. The van der Waals surface area contributed by atoms with Gasteiger partial charge in [-0.15, -0.1) is 0 Å². The Hall–Kier alpha value is -0.220. The van der Waals surface area contributed by atoms with Gasteiger partial charge in [0.1, 0.15) is 0 Å². The monoisotopic (exact) mass is 259 g/mol. The predicted octanol–water partition coefficient (Wildman–Crippen LogP) is 2.45. The molecule has 0 aliphatic carbocycles. The lowest BCUT2D eigenvalue weighted by Crippen LogP contribution is -2.23. The van der Waals surface area contributed by atoms with Crippen molar-refractivity contribution in [2.75, 3.05) is 31.2 Å². The SMILES string of the molecule is CCOC(=O)CCCCCNCC1CCSC1. The third kappa shape index (κ3) is 7.66. The van der Waals surface area contributed by atoms with E-state index in [9.17, 15) is 4.79 Å². The fraction of sp³-hybridized carbons (Fsp3) is 0.923. The zero-order chi connectivity index (χ0) is 12.3. The minimum atomic E-state index is -0.0524. The minimum absolute atomic E-state index is 0.0524. The van der Waals surface area contributed by atoms with E-state index in [2.05, 4.69) is 17.1 Å². The summed E-state index contributed by atoms with van der Waals surface area (Å²) in [5, 5.41) is 3.51. The second-order valence-corrected chi connectivity index (χ2v) is 5.70. The number of thioether (sulfide) groups is 1. The van der Waals surface area contributed by atoms with E-state index in [-0.39, 0.29) is 5.97 Å². The van der Waals surface area contributed by atoms with Crippen molar-refractivity contribution in [2.24, 2.45) is 5.92 Å². The zero-order valence-corrected chi connectivity index (χ0v) is 11.7. The van der Waals surface area contributed by atoms with Crippen LogP contribution in [0.25, 0.3) is 0 Å². The molecule has 1 N–H and O–H groups in total. The van der Waals surface area contributed by atoms with Gasteiger partial charge in [0.15, 0.2) is 0 Å². The molecule has 0 amide bonds. The Morgan fingerprint density at radius 3 is 3.00 bits per heavy atom. The Bertz CT molecular complexity index is 206. The van der Waals surface area contributed by atoms with Gasteiger partial charge in [-0.2, -0.15) is 11.8 Å². The summed E-state index contributed by atoms with van der Waals surface area (Å²) in [5.41, 5.74) is 0. The van der Waals surface area contributed by atoms with E-state index in [1.54, 1.807) is 0 Å². The molecular weight excluding hydrogens is 234 g/mol. The van der Waals surface area contributed by atoms with Gasteiger partial charge in [0.25, 0.3) is 0 Å². The summed E-state index contributed by atoms with van der Waals surface area (Å²) >= 11 is 2.07. The molecule has 0 aromatic rings. The number of hydrogen-bond donors (Lipinski definition) is 1. The van der Waals surface area contributed by atoms with Crippen LogP contribution < -0.4 is 5.32 Å². The van der Waals surface area contributed by atoms with Crippen LogP contribution in [0.1, 0.15) is 39.0 Å². The highest BCUT2D eigenvalue weighted by molar-refractivity contribution is 7.99. The first kappa shape index (κ1) is 14.8. The Kier molecular flexibility index (Phi) is 8.53. The van der Waals surface area contributed by atoms with E-state index in [4.69, 9.17) is 4.74 Å². The molecule has 1 atom stereocenters. The first-order valence-corrected chi connectivity index (χ1v) is 7.92. The molecule has 1 fully saturated rings. The molecule has 1 saturated heterocycles. The molecule has 1 heterocycles. The normalized spacial score (nSPS) is 19.5. The van der Waals surface area contributed by atoms with E-state index < -0.39 is 0 Å². The van der Waals surface area contributed by atoms with Gasteiger partial charge < -0.3 is 10.1 Å². The molecule has 0 spiro atoms. The van der Waals surface area contributed by atoms with Crippen LogP contribution in [0.4, 0.5) is 0 Å². The molecular formula is C13H25NO2S. The van der Waals surface area contributed by atoms with Gasteiger partial charge in [-0.1, -0.05) is 6.42 Å². The van der Waals surface area contributed by atoms with E-state index >= 15 is 0 Å². The Labute approximate surface area is 109 Å². The molecule has 0 aromatic carbocycles. The first-order chi connectivity index (χ1) is 8.33. The van der Waals surface area contributed by atoms with Gasteiger partial charge in [-0.3, -0.25) is 4.79 Å². The number of esters is 1. The molecule has 3 nitrogen and oxygen atoms in total. The van der Waals surface area contributed by atoms with Crippen LogP contribution in [0.2, 0.25) is 0 Å². The largest absolute Gasteiger partial charge is 0.466 e. The molecule has 0 aromatic heterocycles. The lowest BCUT2D eigenvalue weighted by atomic mass is 10.1. The number of ether oxygens (including phenoxy) is 1. The number of hydrogen-bond acceptors (Lipinski definition) is 4. The smallest absolute Gasteiger partial charge is 0.305 e. The van der Waals surface area contributed by atoms with Crippen molar-refractivity contribution in [3.63, 3.8) is 0 Å². The number of nitrogens with one attached hydrogen (secondary N) is 1. The third-order valence-electron chi connectivity index (χ3n) is 3.00. The van der Waals surface area contributed by atoms with Crippen LogP contribution in [-0.2, 0) is 9.53 Å². The lowest BCUT2D eigenvalue weighted by molar-refractivity contribution is -0.143. The van der Waals surface area contributed by atoms with E-state index in [1.807, 2.05) is 6.92 Å². The lowest BCUT2D eigenvalue weighted by Gasteiger charge is -2.09. The number of carbonyl (C=O) groups excluding carboxylic acids is 1. The highest BCUT2D eigenvalue weighted by Gasteiger charge is 2.14. The fourth-order valence-corrected chi connectivity index (χ4v) is 3.26. The van der Waals surface area contributed by atoms with Gasteiger partial charge in [-0.05, 0) is 56.7 Å². The maximum atomic E-state index is 11.1. The molecule has 0 radical (unpaired) electrons. The molecule has 1 unspecified atom stereocenters. The minimum Gasteiger partial charge on any atom is -0.466 e. The van der Waals surface area contributed by atoms with Crippen LogP contribution in [0, 0.1) is 5.92 Å². The van der Waals surface area contributed by atoms with Crippen LogP contribution in [0.5, 0.6) is 0 Å². The Morgan fingerprint density at radius 1 is 1.41 bits per heavy atom. The second-order valence-electron chi connectivity index (χ2n) is 4.55. The summed E-state index contributed by atoms with van der Waals surface area (Å²) in [6.07, 6.45) is 5.19. The Balaban J connectivity index is 1.79. The van der Waals surface area contributed by atoms with Crippen molar-refractivity contribution >= 4 is 17.7 Å². The molecule has 1 rings (SSSR count). The first-order valence-electron chi connectivity index (χ1n) is 6.77. The van der Waals surface area contributed by atoms with Crippen molar-refractivity contribution in [3.8, 4) is 0 Å². The van der Waals surface area contributed by atoms with E-state index in [0.717, 1.165) is 25.3 Å². The summed E-state index contributed by atoms with van der Waals surface area (Å²) in [6, 6.07) is 0. The maximum absolute atomic E-state index is 11.1. The molecule has 1 aliphatic rings. The van der Waals surface area contributed by atoms with E-state index in [1.165, 1.54) is 30.9 Å². The highest BCUT2D eigenvalue weighted by atomic mass is 32.2. The van der Waals surface area contributed by atoms with Gasteiger partial charge in [0.2, 0.25) is 0 Å². The van der Waals surface area contributed by atoms with Crippen molar-refractivity contribution in [1.82, 2.24) is 5.32 Å². The van der Waals surface area contributed by atoms with Crippen molar-refractivity contribution < 1.29 is 9.53 Å². The Morgan fingerprint density at radius 2 is 2.29 bits per heavy atom. The molecule has 1 aliphatic heterocycles. The van der Waals surface area contributed by atoms with Crippen LogP contribution in [0.15, 0.2) is 0 Å². The molecule has 4 heteroatoms. The average molecular weight is 259 g/mol. The van der Waals surface area contributed by atoms with Crippen molar-refractivity contribution in [2.45, 2.75) is 39.0 Å².